The van der Waals surface area contributed by atoms with Gasteiger partial charge in [0.15, 0.2) is 0 Å². The molecule has 0 spiro atoms. The first-order valence-corrected chi connectivity index (χ1v) is 6.30. The van der Waals surface area contributed by atoms with Gasteiger partial charge in [0, 0.05) is 24.0 Å². The third kappa shape index (κ3) is 2.49. The minimum atomic E-state index is 0.642. The van der Waals surface area contributed by atoms with Crippen LogP contribution in [0.15, 0.2) is 18.2 Å². The van der Waals surface area contributed by atoms with Crippen molar-refractivity contribution in [2.24, 2.45) is 0 Å². The molecule has 2 heteroatoms. The van der Waals surface area contributed by atoms with E-state index in [1.165, 1.54) is 43.5 Å². The molecule has 2 N–H and O–H groups in total. The fourth-order valence-electron chi connectivity index (χ4n) is 2.62. The number of hydrogen-bond acceptors (Lipinski definition) is 2. The van der Waals surface area contributed by atoms with Gasteiger partial charge in [-0.25, -0.2) is 0 Å². The van der Waals surface area contributed by atoms with Crippen LogP contribution in [0.5, 0.6) is 0 Å². The van der Waals surface area contributed by atoms with Gasteiger partial charge in [0.25, 0.3) is 0 Å². The number of aryl methyl sites for hydroxylation is 1. The van der Waals surface area contributed by atoms with Crippen LogP contribution in [0, 0.1) is 6.92 Å². The van der Waals surface area contributed by atoms with E-state index in [0.717, 1.165) is 5.69 Å². The van der Waals surface area contributed by atoms with Gasteiger partial charge in [0.1, 0.15) is 0 Å². The SMILES string of the molecule is Cc1cc(N)cc(N2CCCCCC2C)c1. The molecule has 1 aromatic rings. The summed E-state index contributed by atoms with van der Waals surface area (Å²) in [6.45, 7) is 5.61. The summed E-state index contributed by atoms with van der Waals surface area (Å²) in [4.78, 5) is 2.51. The second-order valence-electron chi connectivity index (χ2n) is 4.99. The molecule has 2 rings (SSSR count). The van der Waals surface area contributed by atoms with Gasteiger partial charge in [-0.1, -0.05) is 12.8 Å². The molecular weight excluding hydrogens is 196 g/mol. The van der Waals surface area contributed by atoms with E-state index in [1.807, 2.05) is 6.07 Å². The molecule has 1 aliphatic heterocycles. The number of anilines is 2. The number of nitrogens with two attached hydrogens (primary N) is 1. The molecule has 16 heavy (non-hydrogen) atoms. The molecule has 1 aliphatic rings. The van der Waals surface area contributed by atoms with Gasteiger partial charge in [-0.3, -0.25) is 0 Å². The average Bonchev–Trinajstić information content (AvgIpc) is 2.41. The van der Waals surface area contributed by atoms with E-state index in [1.54, 1.807) is 0 Å². The second kappa shape index (κ2) is 4.77. The van der Waals surface area contributed by atoms with E-state index >= 15 is 0 Å². The third-order valence-electron chi connectivity index (χ3n) is 3.47. The fraction of sp³-hybridized carbons (Fsp3) is 0.571. The zero-order valence-corrected chi connectivity index (χ0v) is 10.4. The summed E-state index contributed by atoms with van der Waals surface area (Å²) >= 11 is 0. The van der Waals surface area contributed by atoms with Crippen molar-refractivity contribution in [1.82, 2.24) is 0 Å². The summed E-state index contributed by atoms with van der Waals surface area (Å²) in [6.07, 6.45) is 5.33. The van der Waals surface area contributed by atoms with Crippen molar-refractivity contribution in [3.63, 3.8) is 0 Å². The Labute approximate surface area is 98.4 Å². The molecule has 1 unspecified atom stereocenters. The lowest BCUT2D eigenvalue weighted by molar-refractivity contribution is 0.616. The van der Waals surface area contributed by atoms with Gasteiger partial charge in [0.05, 0.1) is 0 Å². The minimum Gasteiger partial charge on any atom is -0.399 e. The van der Waals surface area contributed by atoms with Crippen LogP contribution in [0.2, 0.25) is 0 Å². The van der Waals surface area contributed by atoms with E-state index in [0.29, 0.717) is 6.04 Å². The number of benzene rings is 1. The van der Waals surface area contributed by atoms with Crippen molar-refractivity contribution in [1.29, 1.82) is 0 Å². The van der Waals surface area contributed by atoms with Gasteiger partial charge < -0.3 is 10.6 Å². The van der Waals surface area contributed by atoms with Crippen molar-refractivity contribution in [2.75, 3.05) is 17.2 Å². The highest BCUT2D eigenvalue weighted by atomic mass is 15.2. The van der Waals surface area contributed by atoms with E-state index in [-0.39, 0.29) is 0 Å². The largest absolute Gasteiger partial charge is 0.399 e. The van der Waals surface area contributed by atoms with Crippen LogP contribution < -0.4 is 10.6 Å². The van der Waals surface area contributed by atoms with Crippen molar-refractivity contribution < 1.29 is 0 Å². The average molecular weight is 218 g/mol. The van der Waals surface area contributed by atoms with Crippen molar-refractivity contribution >= 4 is 11.4 Å². The lowest BCUT2D eigenvalue weighted by Crippen LogP contribution is -2.32. The molecule has 0 bridgehead atoms. The maximum Gasteiger partial charge on any atom is 0.0391 e. The normalized spacial score (nSPS) is 21.9. The fourth-order valence-corrected chi connectivity index (χ4v) is 2.62. The zero-order valence-electron chi connectivity index (χ0n) is 10.4. The molecule has 1 fully saturated rings. The smallest absolute Gasteiger partial charge is 0.0391 e. The van der Waals surface area contributed by atoms with Gasteiger partial charge >= 0.3 is 0 Å². The van der Waals surface area contributed by atoms with Crippen molar-refractivity contribution in [2.45, 2.75) is 45.6 Å². The molecule has 0 radical (unpaired) electrons. The van der Waals surface area contributed by atoms with Crippen molar-refractivity contribution in [3.8, 4) is 0 Å². The summed E-state index contributed by atoms with van der Waals surface area (Å²) in [5.41, 5.74) is 9.36. The van der Waals surface area contributed by atoms with Crippen LogP contribution in [-0.4, -0.2) is 12.6 Å². The summed E-state index contributed by atoms with van der Waals surface area (Å²) in [6, 6.07) is 7.03. The predicted molar refractivity (Wildman–Crippen MR) is 70.9 cm³/mol. The van der Waals surface area contributed by atoms with Crippen LogP contribution in [0.1, 0.15) is 38.2 Å². The topological polar surface area (TPSA) is 29.3 Å². The molecule has 0 saturated carbocycles. The summed E-state index contributed by atoms with van der Waals surface area (Å²) in [5, 5.41) is 0. The first-order chi connectivity index (χ1) is 7.66. The van der Waals surface area contributed by atoms with Crippen molar-refractivity contribution in [3.05, 3.63) is 23.8 Å². The van der Waals surface area contributed by atoms with Crippen LogP contribution in [-0.2, 0) is 0 Å². The van der Waals surface area contributed by atoms with E-state index in [2.05, 4.69) is 30.9 Å². The predicted octanol–water partition coefficient (Wildman–Crippen LogP) is 3.35. The Hall–Kier alpha value is -1.18. The van der Waals surface area contributed by atoms with Gasteiger partial charge in [0.2, 0.25) is 0 Å². The lowest BCUT2D eigenvalue weighted by Gasteiger charge is -2.30. The quantitative estimate of drug-likeness (QED) is 0.732. The highest BCUT2D eigenvalue weighted by molar-refractivity contribution is 5.58. The van der Waals surface area contributed by atoms with Gasteiger partial charge in [-0.15, -0.1) is 0 Å². The Morgan fingerprint density at radius 1 is 1.19 bits per heavy atom. The Balaban J connectivity index is 2.26. The molecular formula is C14H22N2. The van der Waals surface area contributed by atoms with Crippen LogP contribution in [0.25, 0.3) is 0 Å². The molecule has 1 saturated heterocycles. The van der Waals surface area contributed by atoms with Gasteiger partial charge in [-0.05, 0) is 50.5 Å². The summed E-state index contributed by atoms with van der Waals surface area (Å²) in [7, 11) is 0. The standard InChI is InChI=1S/C14H22N2/c1-11-8-13(15)10-14(9-11)16-7-5-3-4-6-12(16)2/h8-10,12H,3-7,15H2,1-2H3. The number of hydrogen-bond donors (Lipinski definition) is 1. The van der Waals surface area contributed by atoms with Crippen LogP contribution in [0.4, 0.5) is 11.4 Å². The summed E-state index contributed by atoms with van der Waals surface area (Å²) in [5.74, 6) is 0. The maximum absolute atomic E-state index is 5.92. The third-order valence-corrected chi connectivity index (χ3v) is 3.47. The van der Waals surface area contributed by atoms with E-state index in [9.17, 15) is 0 Å². The molecule has 0 aliphatic carbocycles. The van der Waals surface area contributed by atoms with Crippen LogP contribution >= 0.6 is 0 Å². The molecule has 0 aromatic heterocycles. The highest BCUT2D eigenvalue weighted by Gasteiger charge is 2.17. The van der Waals surface area contributed by atoms with E-state index in [4.69, 9.17) is 5.73 Å². The molecule has 1 heterocycles. The second-order valence-corrected chi connectivity index (χ2v) is 4.99. The van der Waals surface area contributed by atoms with Crippen LogP contribution in [0.3, 0.4) is 0 Å². The maximum atomic E-state index is 5.92. The molecule has 2 nitrogen and oxygen atoms in total. The molecule has 1 aromatic carbocycles. The Morgan fingerprint density at radius 2 is 2.00 bits per heavy atom. The minimum absolute atomic E-state index is 0.642. The summed E-state index contributed by atoms with van der Waals surface area (Å²) < 4.78 is 0. The Bertz CT molecular complexity index is 340. The number of nitrogens with zero attached hydrogens (tertiary/aromatic N) is 1. The number of nitrogen functional groups attached to an aromatic ring is 1. The highest BCUT2D eigenvalue weighted by Crippen LogP contribution is 2.26. The molecule has 0 amide bonds. The monoisotopic (exact) mass is 218 g/mol. The lowest BCUT2D eigenvalue weighted by atomic mass is 10.1. The molecule has 88 valence electrons. The first-order valence-electron chi connectivity index (χ1n) is 6.30. The Morgan fingerprint density at radius 3 is 2.75 bits per heavy atom. The van der Waals surface area contributed by atoms with E-state index < -0.39 is 0 Å². The molecule has 1 atom stereocenters. The Kier molecular flexibility index (Phi) is 3.37. The first kappa shape index (κ1) is 11.3. The number of rotatable bonds is 1. The zero-order chi connectivity index (χ0) is 11.5. The van der Waals surface area contributed by atoms with Gasteiger partial charge in [-0.2, -0.15) is 0 Å².